The lowest BCUT2D eigenvalue weighted by Crippen LogP contribution is -2.36. The summed E-state index contributed by atoms with van der Waals surface area (Å²) in [6.07, 6.45) is 2.47. The summed E-state index contributed by atoms with van der Waals surface area (Å²) in [5, 5.41) is 2.80. The van der Waals surface area contributed by atoms with Crippen LogP contribution in [0.25, 0.3) is 0 Å². The zero-order valence-corrected chi connectivity index (χ0v) is 14.2. The lowest BCUT2D eigenvalue weighted by molar-refractivity contribution is -0.120. The molecule has 3 rings (SSSR count). The van der Waals surface area contributed by atoms with Crippen molar-refractivity contribution in [3.8, 4) is 0 Å². The van der Waals surface area contributed by atoms with Gasteiger partial charge in [-0.2, -0.15) is 0 Å². The number of morpholine rings is 1. The minimum atomic E-state index is -0.172. The van der Waals surface area contributed by atoms with Crippen LogP contribution in [0.1, 0.15) is 5.56 Å². The Morgan fingerprint density at radius 1 is 1.16 bits per heavy atom. The van der Waals surface area contributed by atoms with E-state index in [4.69, 9.17) is 9.47 Å². The standard InChI is InChI=1S/C19H23N3O3/c23-19(15-25-11-8-16-4-2-1-3-5-16)21-17-6-7-18(20-14-17)22-9-12-24-13-10-22/h1-7,14H,8-13,15H2,(H,21,23). The lowest BCUT2D eigenvalue weighted by Gasteiger charge is -2.27. The molecular weight excluding hydrogens is 318 g/mol. The second kappa shape index (κ2) is 9.15. The highest BCUT2D eigenvalue weighted by atomic mass is 16.5. The molecule has 0 saturated carbocycles. The molecule has 0 atom stereocenters. The summed E-state index contributed by atoms with van der Waals surface area (Å²) in [5.41, 5.74) is 1.87. The molecule has 1 aromatic heterocycles. The number of rotatable bonds is 7. The number of benzene rings is 1. The second-order valence-electron chi connectivity index (χ2n) is 5.84. The molecule has 1 aliphatic heterocycles. The van der Waals surface area contributed by atoms with E-state index in [0.717, 1.165) is 38.5 Å². The molecule has 0 bridgehead atoms. The molecule has 25 heavy (non-hydrogen) atoms. The van der Waals surface area contributed by atoms with Gasteiger partial charge in [0.15, 0.2) is 0 Å². The molecule has 132 valence electrons. The van der Waals surface area contributed by atoms with Gasteiger partial charge in [-0.3, -0.25) is 4.79 Å². The van der Waals surface area contributed by atoms with E-state index in [2.05, 4.69) is 15.2 Å². The maximum absolute atomic E-state index is 11.9. The third-order valence-electron chi connectivity index (χ3n) is 3.98. The van der Waals surface area contributed by atoms with Crippen LogP contribution >= 0.6 is 0 Å². The summed E-state index contributed by atoms with van der Waals surface area (Å²) >= 11 is 0. The van der Waals surface area contributed by atoms with Crippen molar-refractivity contribution < 1.29 is 14.3 Å². The number of carbonyl (C=O) groups is 1. The van der Waals surface area contributed by atoms with Crippen LogP contribution in [0.3, 0.4) is 0 Å². The highest BCUT2D eigenvalue weighted by molar-refractivity contribution is 5.91. The number of amides is 1. The van der Waals surface area contributed by atoms with Gasteiger partial charge in [-0.15, -0.1) is 0 Å². The van der Waals surface area contributed by atoms with Gasteiger partial charge in [0.05, 0.1) is 31.7 Å². The average molecular weight is 341 g/mol. The summed E-state index contributed by atoms with van der Waals surface area (Å²) in [5.74, 6) is 0.731. The number of pyridine rings is 1. The van der Waals surface area contributed by atoms with Gasteiger partial charge in [-0.05, 0) is 24.1 Å². The molecular formula is C19H23N3O3. The van der Waals surface area contributed by atoms with Crippen molar-refractivity contribution in [1.82, 2.24) is 4.98 Å². The predicted octanol–water partition coefficient (Wildman–Crippen LogP) is 2.12. The Kier molecular flexibility index (Phi) is 6.36. The highest BCUT2D eigenvalue weighted by Crippen LogP contribution is 2.15. The van der Waals surface area contributed by atoms with Gasteiger partial charge in [-0.25, -0.2) is 4.98 Å². The largest absolute Gasteiger partial charge is 0.378 e. The average Bonchev–Trinajstić information content (AvgIpc) is 2.67. The zero-order chi connectivity index (χ0) is 17.3. The Bertz CT molecular complexity index is 655. The summed E-state index contributed by atoms with van der Waals surface area (Å²) in [7, 11) is 0. The monoisotopic (exact) mass is 341 g/mol. The van der Waals surface area contributed by atoms with Crippen molar-refractivity contribution >= 4 is 17.4 Å². The lowest BCUT2D eigenvalue weighted by atomic mass is 10.2. The first-order valence-electron chi connectivity index (χ1n) is 8.51. The van der Waals surface area contributed by atoms with Crippen LogP contribution in [0.5, 0.6) is 0 Å². The first kappa shape index (κ1) is 17.4. The molecule has 6 heteroatoms. The van der Waals surface area contributed by atoms with Crippen LogP contribution in [0.15, 0.2) is 48.7 Å². The van der Waals surface area contributed by atoms with Gasteiger partial charge in [-0.1, -0.05) is 30.3 Å². The van der Waals surface area contributed by atoms with Crippen LogP contribution in [-0.2, 0) is 20.7 Å². The molecule has 2 heterocycles. The molecule has 1 amide bonds. The number of aromatic nitrogens is 1. The fraction of sp³-hybridized carbons (Fsp3) is 0.368. The molecule has 1 aliphatic rings. The number of anilines is 2. The van der Waals surface area contributed by atoms with Gasteiger partial charge in [0.2, 0.25) is 5.91 Å². The maximum atomic E-state index is 11.9. The van der Waals surface area contributed by atoms with Crippen LogP contribution in [0.2, 0.25) is 0 Å². The Labute approximate surface area is 147 Å². The van der Waals surface area contributed by atoms with Gasteiger partial charge < -0.3 is 19.7 Å². The van der Waals surface area contributed by atoms with Crippen LogP contribution < -0.4 is 10.2 Å². The number of ether oxygens (including phenoxy) is 2. The summed E-state index contributed by atoms with van der Waals surface area (Å²) in [6, 6.07) is 13.8. The number of hydrogen-bond acceptors (Lipinski definition) is 5. The van der Waals surface area contributed by atoms with Crippen LogP contribution in [0.4, 0.5) is 11.5 Å². The SMILES string of the molecule is O=C(COCCc1ccccc1)Nc1ccc(N2CCOCC2)nc1. The molecule has 0 aliphatic carbocycles. The molecule has 1 fully saturated rings. The predicted molar refractivity (Wildman–Crippen MR) is 96.9 cm³/mol. The van der Waals surface area contributed by atoms with Crippen molar-refractivity contribution in [2.24, 2.45) is 0 Å². The molecule has 1 N–H and O–H groups in total. The number of hydrogen-bond donors (Lipinski definition) is 1. The summed E-state index contributed by atoms with van der Waals surface area (Å²) < 4.78 is 10.8. The molecule has 0 spiro atoms. The quantitative estimate of drug-likeness (QED) is 0.782. The van der Waals surface area contributed by atoms with Crippen molar-refractivity contribution in [2.75, 3.05) is 49.7 Å². The van der Waals surface area contributed by atoms with E-state index in [1.165, 1.54) is 5.56 Å². The van der Waals surface area contributed by atoms with Crippen LogP contribution in [-0.4, -0.2) is 50.4 Å². The molecule has 2 aromatic rings. The molecule has 1 aromatic carbocycles. The second-order valence-corrected chi connectivity index (χ2v) is 5.84. The third-order valence-corrected chi connectivity index (χ3v) is 3.98. The smallest absolute Gasteiger partial charge is 0.250 e. The van der Waals surface area contributed by atoms with E-state index in [1.807, 2.05) is 42.5 Å². The normalized spacial score (nSPS) is 14.3. The molecule has 0 radical (unpaired) electrons. The minimum Gasteiger partial charge on any atom is -0.378 e. The Morgan fingerprint density at radius 2 is 1.96 bits per heavy atom. The topological polar surface area (TPSA) is 63.7 Å². The Morgan fingerprint density at radius 3 is 2.68 bits per heavy atom. The molecule has 1 saturated heterocycles. The first-order valence-corrected chi connectivity index (χ1v) is 8.51. The molecule has 6 nitrogen and oxygen atoms in total. The highest BCUT2D eigenvalue weighted by Gasteiger charge is 2.12. The van der Waals surface area contributed by atoms with Gasteiger partial charge in [0.25, 0.3) is 0 Å². The van der Waals surface area contributed by atoms with Gasteiger partial charge >= 0.3 is 0 Å². The zero-order valence-electron chi connectivity index (χ0n) is 14.2. The first-order chi connectivity index (χ1) is 12.3. The fourth-order valence-corrected chi connectivity index (χ4v) is 2.64. The number of nitrogens with zero attached hydrogens (tertiary/aromatic N) is 2. The van der Waals surface area contributed by atoms with E-state index in [0.29, 0.717) is 12.3 Å². The van der Waals surface area contributed by atoms with Crippen molar-refractivity contribution in [1.29, 1.82) is 0 Å². The van der Waals surface area contributed by atoms with E-state index in [1.54, 1.807) is 6.20 Å². The van der Waals surface area contributed by atoms with E-state index in [-0.39, 0.29) is 12.5 Å². The third kappa shape index (κ3) is 5.55. The van der Waals surface area contributed by atoms with E-state index >= 15 is 0 Å². The van der Waals surface area contributed by atoms with E-state index < -0.39 is 0 Å². The van der Waals surface area contributed by atoms with Crippen molar-refractivity contribution in [3.63, 3.8) is 0 Å². The number of nitrogens with one attached hydrogen (secondary N) is 1. The summed E-state index contributed by atoms with van der Waals surface area (Å²) in [4.78, 5) is 18.5. The van der Waals surface area contributed by atoms with Gasteiger partial charge in [0.1, 0.15) is 12.4 Å². The van der Waals surface area contributed by atoms with E-state index in [9.17, 15) is 4.79 Å². The maximum Gasteiger partial charge on any atom is 0.250 e. The number of carbonyl (C=O) groups excluding carboxylic acids is 1. The Hall–Kier alpha value is -2.44. The van der Waals surface area contributed by atoms with Crippen LogP contribution in [0, 0.1) is 0 Å². The van der Waals surface area contributed by atoms with Gasteiger partial charge in [0, 0.05) is 13.1 Å². The fourth-order valence-electron chi connectivity index (χ4n) is 2.64. The summed E-state index contributed by atoms with van der Waals surface area (Å²) in [6.45, 7) is 3.69. The molecule has 0 unspecified atom stereocenters. The van der Waals surface area contributed by atoms with Crippen molar-refractivity contribution in [3.05, 3.63) is 54.2 Å². The Balaban J connectivity index is 1.38. The van der Waals surface area contributed by atoms with Crippen molar-refractivity contribution in [2.45, 2.75) is 6.42 Å². The minimum absolute atomic E-state index is 0.0397.